The first-order valence-corrected chi connectivity index (χ1v) is 4.79. The number of aryl methyl sites for hydroxylation is 1. The van der Waals surface area contributed by atoms with Crippen molar-refractivity contribution in [1.29, 1.82) is 0 Å². The van der Waals surface area contributed by atoms with E-state index in [0.29, 0.717) is 11.9 Å². The van der Waals surface area contributed by atoms with Crippen LogP contribution in [-0.4, -0.2) is 4.57 Å². The molecule has 2 aromatic rings. The molecule has 2 rings (SSSR count). The van der Waals surface area contributed by atoms with E-state index in [-0.39, 0.29) is 0 Å². The molecule has 0 aliphatic heterocycles. The third-order valence-corrected chi connectivity index (χ3v) is 2.68. The van der Waals surface area contributed by atoms with Crippen LogP contribution in [0.3, 0.4) is 0 Å². The van der Waals surface area contributed by atoms with Crippen LogP contribution in [-0.2, 0) is 19.8 Å². The zero-order chi connectivity index (χ0) is 11.9. The smallest absolute Gasteiger partial charge is 0.346 e. The highest BCUT2D eigenvalue weighted by molar-refractivity contribution is 5.82. The van der Waals surface area contributed by atoms with Crippen molar-refractivity contribution in [1.82, 2.24) is 4.57 Å². The predicted octanol–water partition coefficient (Wildman–Crippen LogP) is 2.66. The number of aromatic nitrogens is 1. The van der Waals surface area contributed by atoms with Crippen molar-refractivity contribution in [3.63, 3.8) is 0 Å². The topological polar surface area (TPSA) is 30.9 Å². The molecule has 86 valence electrons. The Kier molecular flexibility index (Phi) is 2.42. The molecule has 16 heavy (non-hydrogen) atoms. The van der Waals surface area contributed by atoms with Crippen LogP contribution in [0.2, 0.25) is 0 Å². The van der Waals surface area contributed by atoms with E-state index in [1.54, 1.807) is 17.7 Å². The zero-order valence-corrected chi connectivity index (χ0v) is 8.67. The summed E-state index contributed by atoms with van der Waals surface area (Å²) >= 11 is 0. The lowest BCUT2D eigenvalue weighted by Gasteiger charge is -2.06. The van der Waals surface area contributed by atoms with Crippen LogP contribution >= 0.6 is 0 Å². The van der Waals surface area contributed by atoms with Crippen molar-refractivity contribution in [2.75, 3.05) is 0 Å². The molecule has 1 aromatic carbocycles. The van der Waals surface area contributed by atoms with Gasteiger partial charge in [0.2, 0.25) is 0 Å². The van der Waals surface area contributed by atoms with Crippen LogP contribution in [0.1, 0.15) is 11.3 Å². The highest BCUT2D eigenvalue weighted by Gasteiger charge is 2.30. The van der Waals surface area contributed by atoms with Gasteiger partial charge in [0.05, 0.1) is 5.56 Å². The van der Waals surface area contributed by atoms with E-state index in [0.717, 1.165) is 23.3 Å². The maximum atomic E-state index is 12.5. The maximum absolute atomic E-state index is 12.5. The molecule has 0 unspecified atom stereocenters. The Balaban J connectivity index is 2.64. The maximum Gasteiger partial charge on any atom is 0.416 e. The van der Waals surface area contributed by atoms with Crippen LogP contribution in [0.5, 0.6) is 0 Å². The van der Waals surface area contributed by atoms with Crippen LogP contribution in [0.4, 0.5) is 13.2 Å². The molecule has 0 fully saturated rings. The van der Waals surface area contributed by atoms with Crippen LogP contribution in [0.15, 0.2) is 24.3 Å². The molecule has 0 spiro atoms. The van der Waals surface area contributed by atoms with Gasteiger partial charge >= 0.3 is 6.18 Å². The van der Waals surface area contributed by atoms with Gasteiger partial charge in [0.15, 0.2) is 0 Å². The van der Waals surface area contributed by atoms with Crippen LogP contribution < -0.4 is 5.73 Å². The van der Waals surface area contributed by atoms with Crippen LogP contribution in [0.25, 0.3) is 10.9 Å². The quantitative estimate of drug-likeness (QED) is 0.799. The molecule has 1 heterocycles. The second-order valence-electron chi connectivity index (χ2n) is 3.67. The summed E-state index contributed by atoms with van der Waals surface area (Å²) < 4.78 is 39.2. The molecule has 5 heteroatoms. The van der Waals surface area contributed by atoms with E-state index in [1.165, 1.54) is 6.07 Å². The normalized spacial score (nSPS) is 12.3. The summed E-state index contributed by atoms with van der Waals surface area (Å²) in [5, 5.41) is 0.567. The lowest BCUT2D eigenvalue weighted by Crippen LogP contribution is -2.04. The number of nitrogens with two attached hydrogens (primary N) is 1. The monoisotopic (exact) mass is 228 g/mol. The number of hydrogen-bond acceptors (Lipinski definition) is 1. The molecule has 0 bridgehead atoms. The highest BCUT2D eigenvalue weighted by atomic mass is 19.4. The third kappa shape index (κ3) is 1.67. The Morgan fingerprint density at radius 3 is 2.50 bits per heavy atom. The molecule has 0 amide bonds. The molecular weight excluding hydrogens is 217 g/mol. The Morgan fingerprint density at radius 2 is 1.94 bits per heavy atom. The van der Waals surface area contributed by atoms with Crippen molar-refractivity contribution in [2.24, 2.45) is 12.8 Å². The van der Waals surface area contributed by atoms with Crippen LogP contribution in [0, 0.1) is 0 Å². The number of rotatable bonds is 1. The molecule has 0 aliphatic rings. The SMILES string of the molecule is Cn1c(CN)cc2cc(C(F)(F)F)ccc21. The Hall–Kier alpha value is -1.49. The van der Waals surface area contributed by atoms with E-state index >= 15 is 0 Å². The van der Waals surface area contributed by atoms with Crippen molar-refractivity contribution in [3.05, 3.63) is 35.5 Å². The van der Waals surface area contributed by atoms with E-state index < -0.39 is 11.7 Å². The standard InChI is InChI=1S/C11H11F3N2/c1-16-9(6-15)5-7-4-8(11(12,13)14)2-3-10(7)16/h2-5H,6,15H2,1H3. The highest BCUT2D eigenvalue weighted by Crippen LogP contribution is 2.32. The molecule has 2 N–H and O–H groups in total. The Morgan fingerprint density at radius 1 is 1.25 bits per heavy atom. The van der Waals surface area contributed by atoms with Gasteiger partial charge in [-0.05, 0) is 24.3 Å². The summed E-state index contributed by atoms with van der Waals surface area (Å²) in [6.07, 6.45) is -4.30. The van der Waals surface area contributed by atoms with Gasteiger partial charge in [-0.25, -0.2) is 0 Å². The van der Waals surface area contributed by atoms with Gasteiger partial charge in [0.25, 0.3) is 0 Å². The summed E-state index contributed by atoms with van der Waals surface area (Å²) in [6.45, 7) is 0.312. The summed E-state index contributed by atoms with van der Waals surface area (Å²) in [7, 11) is 1.79. The summed E-state index contributed by atoms with van der Waals surface area (Å²) in [4.78, 5) is 0. The Bertz CT molecular complexity index is 526. The molecule has 0 radical (unpaired) electrons. The van der Waals surface area contributed by atoms with Gasteiger partial charge in [-0.15, -0.1) is 0 Å². The van der Waals surface area contributed by atoms with E-state index in [4.69, 9.17) is 5.73 Å². The average Bonchev–Trinajstić information content (AvgIpc) is 2.54. The fraction of sp³-hybridized carbons (Fsp3) is 0.273. The zero-order valence-electron chi connectivity index (χ0n) is 8.67. The van der Waals surface area contributed by atoms with Gasteiger partial charge in [0, 0.05) is 30.2 Å². The lowest BCUT2D eigenvalue weighted by atomic mass is 10.1. The first-order chi connectivity index (χ1) is 7.43. The van der Waals surface area contributed by atoms with E-state index in [1.807, 2.05) is 0 Å². The summed E-state index contributed by atoms with van der Waals surface area (Å²) in [5.74, 6) is 0. The molecule has 0 saturated heterocycles. The molecular formula is C11H11F3N2. The minimum atomic E-state index is -4.30. The fourth-order valence-corrected chi connectivity index (χ4v) is 1.78. The number of nitrogens with zero attached hydrogens (tertiary/aromatic N) is 1. The van der Waals surface area contributed by atoms with Gasteiger partial charge in [-0.3, -0.25) is 0 Å². The number of halogens is 3. The first kappa shape index (κ1) is 11.0. The van der Waals surface area contributed by atoms with Gasteiger partial charge in [-0.1, -0.05) is 0 Å². The van der Waals surface area contributed by atoms with E-state index in [9.17, 15) is 13.2 Å². The fourth-order valence-electron chi connectivity index (χ4n) is 1.78. The number of benzene rings is 1. The molecule has 0 saturated carbocycles. The first-order valence-electron chi connectivity index (χ1n) is 4.79. The minimum Gasteiger partial charge on any atom is -0.346 e. The number of hydrogen-bond donors (Lipinski definition) is 1. The van der Waals surface area contributed by atoms with Crippen molar-refractivity contribution in [3.8, 4) is 0 Å². The predicted molar refractivity (Wildman–Crippen MR) is 55.8 cm³/mol. The lowest BCUT2D eigenvalue weighted by molar-refractivity contribution is -0.137. The summed E-state index contributed by atoms with van der Waals surface area (Å²) in [6, 6.07) is 5.39. The average molecular weight is 228 g/mol. The van der Waals surface area contributed by atoms with Gasteiger partial charge in [0.1, 0.15) is 0 Å². The molecule has 0 atom stereocenters. The Labute approximate surface area is 90.5 Å². The van der Waals surface area contributed by atoms with Gasteiger partial charge < -0.3 is 10.3 Å². The molecule has 0 aliphatic carbocycles. The number of alkyl halides is 3. The summed E-state index contributed by atoms with van der Waals surface area (Å²) in [5.41, 5.74) is 6.44. The molecule has 2 nitrogen and oxygen atoms in total. The minimum absolute atomic E-state index is 0.312. The van der Waals surface area contributed by atoms with Crippen molar-refractivity contribution in [2.45, 2.75) is 12.7 Å². The second kappa shape index (κ2) is 3.52. The van der Waals surface area contributed by atoms with E-state index in [2.05, 4.69) is 0 Å². The third-order valence-electron chi connectivity index (χ3n) is 2.68. The number of fused-ring (bicyclic) bond motifs is 1. The molecule has 1 aromatic heterocycles. The second-order valence-corrected chi connectivity index (χ2v) is 3.67. The van der Waals surface area contributed by atoms with Crippen molar-refractivity contribution < 1.29 is 13.2 Å². The van der Waals surface area contributed by atoms with Gasteiger partial charge in [-0.2, -0.15) is 13.2 Å². The van der Waals surface area contributed by atoms with Crippen molar-refractivity contribution >= 4 is 10.9 Å². The largest absolute Gasteiger partial charge is 0.416 e.